The molecule has 22 heavy (non-hydrogen) atoms. The van der Waals surface area contributed by atoms with Gasteiger partial charge in [-0.15, -0.1) is 0 Å². The molecule has 1 aromatic heterocycles. The predicted molar refractivity (Wildman–Crippen MR) is 85.9 cm³/mol. The lowest BCUT2D eigenvalue weighted by atomic mass is 10.1. The Labute approximate surface area is 130 Å². The van der Waals surface area contributed by atoms with Crippen LogP contribution in [0.1, 0.15) is 24.0 Å². The molecule has 2 aromatic rings. The van der Waals surface area contributed by atoms with Crippen molar-refractivity contribution in [1.29, 1.82) is 0 Å². The zero-order valence-electron chi connectivity index (χ0n) is 13.0. The highest BCUT2D eigenvalue weighted by molar-refractivity contribution is 5.82. The first-order valence-electron chi connectivity index (χ1n) is 7.63. The first-order chi connectivity index (χ1) is 10.7. The van der Waals surface area contributed by atoms with Crippen LogP contribution in [0.4, 0.5) is 0 Å². The van der Waals surface area contributed by atoms with Gasteiger partial charge in [0.2, 0.25) is 11.8 Å². The maximum Gasteiger partial charge on any atom is 0.237 e. The molecule has 5 heteroatoms. The number of amides is 1. The summed E-state index contributed by atoms with van der Waals surface area (Å²) in [5.41, 5.74) is 3.09. The summed E-state index contributed by atoms with van der Waals surface area (Å²) in [5, 5.41) is 7.28. The van der Waals surface area contributed by atoms with E-state index in [1.807, 2.05) is 12.1 Å². The van der Waals surface area contributed by atoms with Gasteiger partial charge in [0.25, 0.3) is 0 Å². The van der Waals surface area contributed by atoms with Gasteiger partial charge in [0.05, 0.1) is 18.7 Å². The highest BCUT2D eigenvalue weighted by Crippen LogP contribution is 2.23. The Morgan fingerprint density at radius 2 is 2.27 bits per heavy atom. The molecule has 2 N–H and O–H groups in total. The van der Waals surface area contributed by atoms with E-state index in [1.165, 1.54) is 5.56 Å². The van der Waals surface area contributed by atoms with E-state index in [-0.39, 0.29) is 11.9 Å². The number of ether oxygens (including phenoxy) is 1. The normalized spacial score (nSPS) is 18.3. The lowest BCUT2D eigenvalue weighted by molar-refractivity contribution is -0.124. The van der Waals surface area contributed by atoms with E-state index in [9.17, 15) is 4.79 Å². The van der Waals surface area contributed by atoms with Crippen LogP contribution in [0.25, 0.3) is 10.9 Å². The predicted octanol–water partition coefficient (Wildman–Crippen LogP) is 1.92. The molecule has 1 unspecified atom stereocenters. The number of aryl methyl sites for hydroxylation is 1. The van der Waals surface area contributed by atoms with Crippen molar-refractivity contribution in [3.8, 4) is 5.88 Å². The number of piperidine rings is 1. The number of fused-ring (bicyclic) bond motifs is 1. The molecule has 1 aliphatic heterocycles. The number of benzene rings is 1. The number of pyridine rings is 1. The summed E-state index contributed by atoms with van der Waals surface area (Å²) >= 11 is 0. The Kier molecular flexibility index (Phi) is 4.24. The van der Waals surface area contributed by atoms with Gasteiger partial charge in [0.15, 0.2) is 0 Å². The van der Waals surface area contributed by atoms with Gasteiger partial charge in [-0.2, -0.15) is 0 Å². The summed E-state index contributed by atoms with van der Waals surface area (Å²) in [4.78, 5) is 16.4. The molecule has 0 spiro atoms. The molecule has 3 rings (SSSR count). The van der Waals surface area contributed by atoms with Crippen LogP contribution in [0.5, 0.6) is 5.88 Å². The van der Waals surface area contributed by atoms with Gasteiger partial charge < -0.3 is 15.4 Å². The van der Waals surface area contributed by atoms with E-state index in [2.05, 4.69) is 34.7 Å². The molecular formula is C17H21N3O2. The van der Waals surface area contributed by atoms with Crippen LogP contribution in [-0.2, 0) is 11.3 Å². The number of methoxy groups -OCH3 is 1. The van der Waals surface area contributed by atoms with Crippen molar-refractivity contribution in [3.05, 3.63) is 35.4 Å². The minimum atomic E-state index is -0.133. The molecule has 0 aliphatic carbocycles. The maximum absolute atomic E-state index is 11.8. The summed E-state index contributed by atoms with van der Waals surface area (Å²) in [7, 11) is 1.62. The van der Waals surface area contributed by atoms with Crippen molar-refractivity contribution >= 4 is 16.8 Å². The van der Waals surface area contributed by atoms with Crippen LogP contribution < -0.4 is 15.4 Å². The SMILES string of the molecule is COc1nc2ccc(C)cc2cc1CNC1CCCNC1=O. The minimum absolute atomic E-state index is 0.0785. The number of hydrogen-bond acceptors (Lipinski definition) is 4. The van der Waals surface area contributed by atoms with Crippen LogP contribution in [0.2, 0.25) is 0 Å². The van der Waals surface area contributed by atoms with Gasteiger partial charge in [-0.3, -0.25) is 4.79 Å². The monoisotopic (exact) mass is 299 g/mol. The molecule has 5 nitrogen and oxygen atoms in total. The second-order valence-electron chi connectivity index (χ2n) is 5.72. The van der Waals surface area contributed by atoms with E-state index >= 15 is 0 Å². The second kappa shape index (κ2) is 6.32. The van der Waals surface area contributed by atoms with E-state index in [1.54, 1.807) is 7.11 Å². The fourth-order valence-electron chi connectivity index (χ4n) is 2.83. The Hall–Kier alpha value is -2.14. The number of hydrogen-bond donors (Lipinski definition) is 2. The smallest absolute Gasteiger partial charge is 0.237 e. The third-order valence-corrected chi connectivity index (χ3v) is 4.03. The largest absolute Gasteiger partial charge is 0.481 e. The number of carbonyl (C=O) groups is 1. The Bertz CT molecular complexity index is 700. The number of nitrogens with one attached hydrogen (secondary N) is 2. The van der Waals surface area contributed by atoms with Crippen molar-refractivity contribution in [1.82, 2.24) is 15.6 Å². The van der Waals surface area contributed by atoms with Gasteiger partial charge in [0.1, 0.15) is 0 Å². The summed E-state index contributed by atoms with van der Waals surface area (Å²) in [6.07, 6.45) is 1.88. The van der Waals surface area contributed by atoms with Crippen LogP contribution in [0, 0.1) is 6.92 Å². The van der Waals surface area contributed by atoms with Crippen molar-refractivity contribution in [2.45, 2.75) is 32.4 Å². The fourth-order valence-corrected chi connectivity index (χ4v) is 2.83. The number of carbonyl (C=O) groups excluding carboxylic acids is 1. The average Bonchev–Trinajstić information content (AvgIpc) is 2.53. The van der Waals surface area contributed by atoms with E-state index in [4.69, 9.17) is 4.74 Å². The first kappa shape index (κ1) is 14.8. The molecule has 116 valence electrons. The molecule has 0 bridgehead atoms. The molecule has 1 amide bonds. The summed E-state index contributed by atoms with van der Waals surface area (Å²) in [6.45, 7) is 3.41. The maximum atomic E-state index is 11.8. The molecule has 1 fully saturated rings. The summed E-state index contributed by atoms with van der Waals surface area (Å²) < 4.78 is 5.40. The van der Waals surface area contributed by atoms with Crippen molar-refractivity contribution < 1.29 is 9.53 Å². The minimum Gasteiger partial charge on any atom is -0.481 e. The summed E-state index contributed by atoms with van der Waals surface area (Å²) in [6, 6.07) is 8.10. The Morgan fingerprint density at radius 3 is 3.05 bits per heavy atom. The molecule has 1 aliphatic rings. The highest BCUT2D eigenvalue weighted by Gasteiger charge is 2.21. The van der Waals surface area contributed by atoms with Gasteiger partial charge >= 0.3 is 0 Å². The fraction of sp³-hybridized carbons (Fsp3) is 0.412. The van der Waals surface area contributed by atoms with Gasteiger partial charge in [-0.05, 0) is 38.0 Å². The molecule has 0 radical (unpaired) electrons. The third kappa shape index (κ3) is 3.04. The quantitative estimate of drug-likeness (QED) is 0.905. The Morgan fingerprint density at radius 1 is 1.41 bits per heavy atom. The van der Waals surface area contributed by atoms with Crippen molar-refractivity contribution in [2.75, 3.05) is 13.7 Å². The average molecular weight is 299 g/mol. The molecule has 1 saturated heterocycles. The molecular weight excluding hydrogens is 278 g/mol. The topological polar surface area (TPSA) is 63.2 Å². The second-order valence-corrected chi connectivity index (χ2v) is 5.72. The molecule has 1 aromatic carbocycles. The van der Waals surface area contributed by atoms with Crippen LogP contribution in [-0.4, -0.2) is 30.6 Å². The van der Waals surface area contributed by atoms with Crippen molar-refractivity contribution in [2.24, 2.45) is 0 Å². The van der Waals surface area contributed by atoms with Crippen molar-refractivity contribution in [3.63, 3.8) is 0 Å². The lowest BCUT2D eigenvalue weighted by Crippen LogP contribution is -2.47. The van der Waals surface area contributed by atoms with Gasteiger partial charge in [0, 0.05) is 24.0 Å². The first-order valence-corrected chi connectivity index (χ1v) is 7.63. The number of rotatable bonds is 4. The standard InChI is InChI=1S/C17H21N3O2/c1-11-5-6-14-12(8-11)9-13(17(20-14)22-2)10-19-15-4-3-7-18-16(15)21/h5-6,8-9,15,19H,3-4,7,10H2,1-2H3,(H,18,21). The Balaban J connectivity index is 1.83. The van der Waals surface area contributed by atoms with Gasteiger partial charge in [-0.1, -0.05) is 11.6 Å². The van der Waals surface area contributed by atoms with Crippen LogP contribution in [0.3, 0.4) is 0 Å². The highest BCUT2D eigenvalue weighted by atomic mass is 16.5. The third-order valence-electron chi connectivity index (χ3n) is 4.03. The molecule has 0 saturated carbocycles. The molecule has 2 heterocycles. The van der Waals surface area contributed by atoms with Crippen LogP contribution >= 0.6 is 0 Å². The molecule has 1 atom stereocenters. The zero-order valence-corrected chi connectivity index (χ0v) is 13.0. The van der Waals surface area contributed by atoms with Crippen LogP contribution in [0.15, 0.2) is 24.3 Å². The zero-order chi connectivity index (χ0) is 15.5. The van der Waals surface area contributed by atoms with E-state index in [0.717, 1.165) is 35.9 Å². The van der Waals surface area contributed by atoms with E-state index in [0.29, 0.717) is 12.4 Å². The number of aromatic nitrogens is 1. The van der Waals surface area contributed by atoms with E-state index < -0.39 is 0 Å². The van der Waals surface area contributed by atoms with Gasteiger partial charge in [-0.25, -0.2) is 4.98 Å². The summed E-state index contributed by atoms with van der Waals surface area (Å²) in [5.74, 6) is 0.690. The number of nitrogens with zero attached hydrogens (tertiary/aromatic N) is 1. The lowest BCUT2D eigenvalue weighted by Gasteiger charge is -2.23.